The van der Waals surface area contributed by atoms with Gasteiger partial charge < -0.3 is 20.3 Å². The van der Waals surface area contributed by atoms with Crippen LogP contribution in [0.2, 0.25) is 0 Å². The SMILES string of the molecule is CCCCC/C=C\C/C=C\CCCCCCCC(=O)OCCCCCCCCCCCCCCCCCCCCCCCCCCCCC(=O)NC(CO)C(O)CCCCCCCCCCCCCCCCCCCCCCC. The Labute approximate surface area is 494 Å². The average Bonchev–Trinajstić information content (AvgIpc) is 3.45. The van der Waals surface area contributed by atoms with Gasteiger partial charge in [0.1, 0.15) is 0 Å². The molecule has 0 saturated heterocycles. The van der Waals surface area contributed by atoms with Crippen molar-refractivity contribution in [2.75, 3.05) is 13.2 Å². The van der Waals surface area contributed by atoms with Gasteiger partial charge in [-0.25, -0.2) is 0 Å². The Bertz CT molecular complexity index is 1230. The second-order valence-electron chi connectivity index (χ2n) is 24.9. The lowest BCUT2D eigenvalue weighted by Crippen LogP contribution is -2.45. The van der Waals surface area contributed by atoms with Crippen LogP contribution in [-0.2, 0) is 14.3 Å². The number of hydrogen-bond donors (Lipinski definition) is 3. The number of carbonyl (C=O) groups is 2. The van der Waals surface area contributed by atoms with Gasteiger partial charge in [-0.3, -0.25) is 9.59 Å². The lowest BCUT2D eigenvalue weighted by atomic mass is 10.0. The summed E-state index contributed by atoms with van der Waals surface area (Å²) < 4.78 is 5.49. The summed E-state index contributed by atoms with van der Waals surface area (Å²) in [6.45, 7) is 4.96. The molecule has 0 aliphatic carbocycles. The number of ether oxygens (including phenoxy) is 1. The first-order valence-electron chi connectivity index (χ1n) is 36.1. The Morgan fingerprint density at radius 1 is 0.354 bits per heavy atom. The van der Waals surface area contributed by atoms with Crippen LogP contribution in [0, 0.1) is 0 Å². The van der Waals surface area contributed by atoms with Crippen LogP contribution >= 0.6 is 0 Å². The summed E-state index contributed by atoms with van der Waals surface area (Å²) in [5.41, 5.74) is 0. The second kappa shape index (κ2) is 68.8. The van der Waals surface area contributed by atoms with Crippen molar-refractivity contribution in [1.29, 1.82) is 0 Å². The molecule has 0 radical (unpaired) electrons. The number of aliphatic hydroxyl groups excluding tert-OH is 2. The molecule has 0 aromatic heterocycles. The third kappa shape index (κ3) is 65.4. The monoisotopic (exact) mass is 1110 g/mol. The third-order valence-electron chi connectivity index (χ3n) is 17.0. The zero-order valence-electron chi connectivity index (χ0n) is 53.6. The Kier molecular flexibility index (Phi) is 67.4. The highest BCUT2D eigenvalue weighted by atomic mass is 16.5. The second-order valence-corrected chi connectivity index (χ2v) is 24.9. The predicted molar refractivity (Wildman–Crippen MR) is 347 cm³/mol. The van der Waals surface area contributed by atoms with E-state index in [1.807, 2.05) is 0 Å². The Hall–Kier alpha value is -1.66. The van der Waals surface area contributed by atoms with Crippen LogP contribution in [-0.4, -0.2) is 47.4 Å². The summed E-state index contributed by atoms with van der Waals surface area (Å²) in [6.07, 6.45) is 86.6. The van der Waals surface area contributed by atoms with E-state index in [1.165, 1.54) is 321 Å². The number of amides is 1. The molecule has 2 atom stereocenters. The normalized spacial score (nSPS) is 12.6. The van der Waals surface area contributed by atoms with Crippen LogP contribution < -0.4 is 5.32 Å². The zero-order valence-corrected chi connectivity index (χ0v) is 53.6. The number of aliphatic hydroxyl groups is 2. The molecule has 0 rings (SSSR count). The van der Waals surface area contributed by atoms with Crippen molar-refractivity contribution in [1.82, 2.24) is 5.32 Å². The fraction of sp³-hybridized carbons (Fsp3) is 0.918. The smallest absolute Gasteiger partial charge is 0.305 e. The van der Waals surface area contributed by atoms with E-state index < -0.39 is 12.1 Å². The molecule has 0 aromatic carbocycles. The highest BCUT2D eigenvalue weighted by Gasteiger charge is 2.20. The number of nitrogens with one attached hydrogen (secondary N) is 1. The number of rotatable bonds is 68. The molecular formula is C73H141NO5. The first kappa shape index (κ1) is 77.3. The van der Waals surface area contributed by atoms with Gasteiger partial charge in [0, 0.05) is 12.8 Å². The maximum absolute atomic E-state index is 12.6. The van der Waals surface area contributed by atoms with E-state index in [1.54, 1.807) is 0 Å². The summed E-state index contributed by atoms with van der Waals surface area (Å²) >= 11 is 0. The Morgan fingerprint density at radius 2 is 0.633 bits per heavy atom. The molecule has 0 aliphatic heterocycles. The van der Waals surface area contributed by atoms with Gasteiger partial charge in [0.15, 0.2) is 0 Å². The summed E-state index contributed by atoms with van der Waals surface area (Å²) in [7, 11) is 0. The van der Waals surface area contributed by atoms with E-state index in [4.69, 9.17) is 4.74 Å². The molecule has 0 saturated carbocycles. The molecule has 0 heterocycles. The molecule has 0 aromatic rings. The van der Waals surface area contributed by atoms with Crippen molar-refractivity contribution < 1.29 is 24.5 Å². The molecule has 0 fully saturated rings. The van der Waals surface area contributed by atoms with Crippen molar-refractivity contribution >= 4 is 11.9 Å². The molecular weight excluding hydrogens is 971 g/mol. The van der Waals surface area contributed by atoms with Gasteiger partial charge in [0.25, 0.3) is 0 Å². The first-order valence-corrected chi connectivity index (χ1v) is 36.1. The summed E-state index contributed by atoms with van der Waals surface area (Å²) in [5.74, 6) is -0.0241. The molecule has 3 N–H and O–H groups in total. The first-order chi connectivity index (χ1) is 39.0. The fourth-order valence-electron chi connectivity index (χ4n) is 11.5. The lowest BCUT2D eigenvalue weighted by Gasteiger charge is -2.22. The van der Waals surface area contributed by atoms with E-state index >= 15 is 0 Å². The molecule has 0 aliphatic rings. The minimum Gasteiger partial charge on any atom is -0.466 e. The molecule has 79 heavy (non-hydrogen) atoms. The van der Waals surface area contributed by atoms with Crippen LogP contribution in [0.1, 0.15) is 406 Å². The van der Waals surface area contributed by atoms with E-state index in [0.29, 0.717) is 25.9 Å². The number of esters is 1. The number of hydrogen-bond acceptors (Lipinski definition) is 5. The van der Waals surface area contributed by atoms with Gasteiger partial charge >= 0.3 is 5.97 Å². The van der Waals surface area contributed by atoms with Gasteiger partial charge in [0.2, 0.25) is 5.91 Å². The molecule has 0 spiro atoms. The molecule has 6 nitrogen and oxygen atoms in total. The number of carbonyl (C=O) groups excluding carboxylic acids is 2. The van der Waals surface area contributed by atoms with Crippen LogP contribution in [0.5, 0.6) is 0 Å². The third-order valence-corrected chi connectivity index (χ3v) is 17.0. The predicted octanol–water partition coefficient (Wildman–Crippen LogP) is 23.3. The Balaban J connectivity index is 3.36. The van der Waals surface area contributed by atoms with E-state index in [9.17, 15) is 19.8 Å². The van der Waals surface area contributed by atoms with Crippen LogP contribution in [0.3, 0.4) is 0 Å². The molecule has 6 heteroatoms. The van der Waals surface area contributed by atoms with Crippen LogP contribution in [0.4, 0.5) is 0 Å². The van der Waals surface area contributed by atoms with E-state index in [2.05, 4.69) is 43.5 Å². The van der Waals surface area contributed by atoms with Crippen molar-refractivity contribution in [3.05, 3.63) is 24.3 Å². The van der Waals surface area contributed by atoms with Crippen molar-refractivity contribution in [3.8, 4) is 0 Å². The van der Waals surface area contributed by atoms with E-state index in [-0.39, 0.29) is 18.5 Å². The van der Waals surface area contributed by atoms with Gasteiger partial charge in [-0.05, 0) is 57.8 Å². The summed E-state index contributed by atoms with van der Waals surface area (Å²) in [5, 5.41) is 23.4. The van der Waals surface area contributed by atoms with Crippen LogP contribution in [0.25, 0.3) is 0 Å². The van der Waals surface area contributed by atoms with Gasteiger partial charge in [-0.15, -0.1) is 0 Å². The fourth-order valence-corrected chi connectivity index (χ4v) is 11.5. The minimum absolute atomic E-state index is 0.00411. The zero-order chi connectivity index (χ0) is 57.1. The summed E-state index contributed by atoms with van der Waals surface area (Å²) in [6, 6.07) is -0.541. The van der Waals surface area contributed by atoms with Crippen molar-refractivity contribution in [3.63, 3.8) is 0 Å². The average molecular weight is 1110 g/mol. The topological polar surface area (TPSA) is 95.9 Å². The highest BCUT2D eigenvalue weighted by molar-refractivity contribution is 5.76. The molecule has 2 unspecified atom stereocenters. The number of allylic oxidation sites excluding steroid dienone is 4. The van der Waals surface area contributed by atoms with Gasteiger partial charge in [-0.2, -0.15) is 0 Å². The number of unbranched alkanes of at least 4 members (excludes halogenated alkanes) is 53. The highest BCUT2D eigenvalue weighted by Crippen LogP contribution is 2.19. The molecule has 1 amide bonds. The van der Waals surface area contributed by atoms with Crippen molar-refractivity contribution in [2.24, 2.45) is 0 Å². The minimum atomic E-state index is -0.664. The van der Waals surface area contributed by atoms with E-state index in [0.717, 1.165) is 51.4 Å². The standard InChI is InChI=1S/C73H141NO5/c1-3-5-7-9-11-13-15-17-19-20-21-28-31-34-38-41-45-49-53-57-61-65-71(76)70(69-75)74-72(77)66-62-58-54-50-46-42-39-35-32-29-26-24-22-23-25-27-30-33-36-40-44-48-52-56-60-64-68-79-73(78)67-63-59-55-51-47-43-37-18-16-14-12-10-8-6-4-2/h12,14,18,37,70-71,75-76H,3-11,13,15-17,19-36,38-69H2,1-2H3,(H,74,77)/b14-12-,37-18-. The maximum Gasteiger partial charge on any atom is 0.305 e. The molecule has 468 valence electrons. The largest absolute Gasteiger partial charge is 0.466 e. The lowest BCUT2D eigenvalue weighted by molar-refractivity contribution is -0.143. The summed E-state index contributed by atoms with van der Waals surface area (Å²) in [4.78, 5) is 24.6. The Morgan fingerprint density at radius 3 is 0.987 bits per heavy atom. The van der Waals surface area contributed by atoms with Gasteiger partial charge in [0.05, 0.1) is 25.4 Å². The maximum atomic E-state index is 12.6. The van der Waals surface area contributed by atoms with Crippen LogP contribution in [0.15, 0.2) is 24.3 Å². The van der Waals surface area contributed by atoms with Gasteiger partial charge in [-0.1, -0.05) is 359 Å². The quantitative estimate of drug-likeness (QED) is 0.0320. The molecule has 0 bridgehead atoms. The van der Waals surface area contributed by atoms with Crippen molar-refractivity contribution in [2.45, 2.75) is 418 Å².